The molecule has 3 rings (SSSR count). The van der Waals surface area contributed by atoms with Crippen molar-refractivity contribution in [1.29, 1.82) is 0 Å². The number of rotatable bonds is 4. The molecule has 0 unspecified atom stereocenters. The molecule has 1 saturated heterocycles. The lowest BCUT2D eigenvalue weighted by atomic mass is 9.99. The number of hydrogen-bond acceptors (Lipinski definition) is 3. The third-order valence-electron chi connectivity index (χ3n) is 5.41. The highest BCUT2D eigenvalue weighted by Gasteiger charge is 2.28. The van der Waals surface area contributed by atoms with Crippen molar-refractivity contribution in [2.75, 3.05) is 11.9 Å². The number of anilines is 1. The normalized spacial score (nSPS) is 19.2. The monoisotopic (exact) mass is 344 g/mol. The van der Waals surface area contributed by atoms with E-state index < -0.39 is 0 Å². The van der Waals surface area contributed by atoms with Gasteiger partial charge in [0.1, 0.15) is 6.04 Å². The number of benzene rings is 1. The van der Waals surface area contributed by atoms with E-state index in [0.717, 1.165) is 42.5 Å². The van der Waals surface area contributed by atoms with Crippen LogP contribution in [-0.4, -0.2) is 38.6 Å². The van der Waals surface area contributed by atoms with Crippen LogP contribution in [0.1, 0.15) is 39.5 Å². The maximum Gasteiger partial charge on any atom is 0.328 e. The van der Waals surface area contributed by atoms with Gasteiger partial charge in [-0.15, -0.1) is 0 Å². The molecule has 0 aliphatic carbocycles. The molecule has 25 heavy (non-hydrogen) atoms. The average molecular weight is 344 g/mol. The van der Waals surface area contributed by atoms with E-state index in [4.69, 9.17) is 0 Å². The van der Waals surface area contributed by atoms with E-state index >= 15 is 0 Å². The van der Waals surface area contributed by atoms with Gasteiger partial charge in [-0.3, -0.25) is 13.9 Å². The summed E-state index contributed by atoms with van der Waals surface area (Å²) in [6, 6.07) is 5.87. The van der Waals surface area contributed by atoms with E-state index in [1.54, 1.807) is 23.2 Å². The van der Waals surface area contributed by atoms with E-state index in [1.165, 1.54) is 6.42 Å². The Balaban J connectivity index is 1.79. The minimum Gasteiger partial charge on any atom is -0.374 e. The Morgan fingerprint density at radius 2 is 1.96 bits per heavy atom. The lowest BCUT2D eigenvalue weighted by Gasteiger charge is -2.37. The molecular weight excluding hydrogens is 316 g/mol. The Morgan fingerprint density at radius 3 is 2.68 bits per heavy atom. The van der Waals surface area contributed by atoms with Crippen LogP contribution in [0.4, 0.5) is 5.69 Å². The molecule has 0 radical (unpaired) electrons. The van der Waals surface area contributed by atoms with Gasteiger partial charge in [-0.1, -0.05) is 6.92 Å². The number of nitrogens with one attached hydrogen (secondary N) is 1. The molecule has 6 nitrogen and oxygen atoms in total. The SMILES string of the molecule is CC[C@H]1CCCCN1C(=O)[C@@H](C)Nc1ccc2c(c1)n(C)c(=O)n2C. The van der Waals surface area contributed by atoms with Crippen molar-refractivity contribution >= 4 is 22.6 Å². The predicted molar refractivity (Wildman–Crippen MR) is 101 cm³/mol. The Bertz CT molecular complexity index is 836. The molecule has 0 bridgehead atoms. The van der Waals surface area contributed by atoms with Crippen LogP contribution in [0.3, 0.4) is 0 Å². The van der Waals surface area contributed by atoms with Crippen molar-refractivity contribution in [3.8, 4) is 0 Å². The van der Waals surface area contributed by atoms with Crippen molar-refractivity contribution in [3.05, 3.63) is 28.7 Å². The number of likely N-dealkylation sites (tertiary alicyclic amines) is 1. The van der Waals surface area contributed by atoms with Crippen LogP contribution in [0, 0.1) is 0 Å². The summed E-state index contributed by atoms with van der Waals surface area (Å²) >= 11 is 0. The number of fused-ring (bicyclic) bond motifs is 1. The van der Waals surface area contributed by atoms with Gasteiger partial charge in [0.25, 0.3) is 0 Å². The van der Waals surface area contributed by atoms with Crippen molar-refractivity contribution in [2.24, 2.45) is 14.1 Å². The fraction of sp³-hybridized carbons (Fsp3) is 0.579. The third-order valence-corrected chi connectivity index (χ3v) is 5.41. The number of carbonyl (C=O) groups excluding carboxylic acids is 1. The Labute approximate surface area is 148 Å². The van der Waals surface area contributed by atoms with Crippen molar-refractivity contribution in [2.45, 2.75) is 51.6 Å². The zero-order chi connectivity index (χ0) is 18.1. The maximum atomic E-state index is 12.9. The van der Waals surface area contributed by atoms with Gasteiger partial charge in [-0.2, -0.15) is 0 Å². The first-order valence-corrected chi connectivity index (χ1v) is 9.16. The fourth-order valence-electron chi connectivity index (χ4n) is 3.87. The van der Waals surface area contributed by atoms with Gasteiger partial charge in [0.05, 0.1) is 11.0 Å². The summed E-state index contributed by atoms with van der Waals surface area (Å²) in [6.07, 6.45) is 4.42. The average Bonchev–Trinajstić information content (AvgIpc) is 2.85. The molecule has 2 heterocycles. The highest BCUT2D eigenvalue weighted by Crippen LogP contribution is 2.22. The Hall–Kier alpha value is -2.24. The number of imidazole rings is 1. The minimum atomic E-state index is -0.287. The minimum absolute atomic E-state index is 0.0459. The second kappa shape index (κ2) is 6.94. The van der Waals surface area contributed by atoms with Crippen molar-refractivity contribution in [3.63, 3.8) is 0 Å². The van der Waals surface area contributed by atoms with Crippen LogP contribution < -0.4 is 11.0 Å². The third kappa shape index (κ3) is 3.17. The van der Waals surface area contributed by atoms with Gasteiger partial charge in [-0.25, -0.2) is 4.79 Å². The van der Waals surface area contributed by atoms with Crippen LogP contribution in [-0.2, 0) is 18.9 Å². The lowest BCUT2D eigenvalue weighted by molar-refractivity contribution is -0.135. The number of nitrogens with zero attached hydrogens (tertiary/aromatic N) is 3. The molecule has 6 heteroatoms. The summed E-state index contributed by atoms with van der Waals surface area (Å²) < 4.78 is 3.26. The van der Waals surface area contributed by atoms with E-state index in [0.29, 0.717) is 6.04 Å². The molecule has 1 aromatic carbocycles. The van der Waals surface area contributed by atoms with Gasteiger partial charge in [0.15, 0.2) is 0 Å². The summed E-state index contributed by atoms with van der Waals surface area (Å²) in [6.45, 7) is 4.92. The number of carbonyl (C=O) groups is 1. The van der Waals surface area contributed by atoms with E-state index in [9.17, 15) is 9.59 Å². The van der Waals surface area contributed by atoms with Crippen LogP contribution in [0.2, 0.25) is 0 Å². The molecule has 1 fully saturated rings. The molecule has 1 aliphatic heterocycles. The van der Waals surface area contributed by atoms with Crippen LogP contribution in [0.25, 0.3) is 11.0 Å². The second-order valence-electron chi connectivity index (χ2n) is 7.06. The van der Waals surface area contributed by atoms with Gasteiger partial charge in [0.2, 0.25) is 5.91 Å². The standard InChI is InChI=1S/C19H28N4O2/c1-5-15-8-6-7-11-23(15)18(24)13(2)20-14-9-10-16-17(12-14)22(4)19(25)21(16)3/h9-10,12-13,15,20H,5-8,11H2,1-4H3/t13-,15+/m1/s1. The van der Waals surface area contributed by atoms with Gasteiger partial charge in [-0.05, 0) is 50.8 Å². The van der Waals surface area contributed by atoms with Crippen LogP contribution >= 0.6 is 0 Å². The molecule has 1 N–H and O–H groups in total. The first-order chi connectivity index (χ1) is 11.9. The van der Waals surface area contributed by atoms with Crippen molar-refractivity contribution in [1.82, 2.24) is 14.0 Å². The first-order valence-electron chi connectivity index (χ1n) is 9.16. The Kier molecular flexibility index (Phi) is 4.88. The number of amides is 1. The quantitative estimate of drug-likeness (QED) is 0.927. The van der Waals surface area contributed by atoms with Gasteiger partial charge < -0.3 is 10.2 Å². The van der Waals surface area contributed by atoms with E-state index in [-0.39, 0.29) is 17.6 Å². The fourth-order valence-corrected chi connectivity index (χ4v) is 3.87. The predicted octanol–water partition coefficient (Wildman–Crippen LogP) is 2.47. The molecule has 1 amide bonds. The molecule has 1 aliphatic rings. The zero-order valence-electron chi connectivity index (χ0n) is 15.6. The molecule has 0 spiro atoms. The summed E-state index contributed by atoms with van der Waals surface area (Å²) in [5.74, 6) is 0.161. The van der Waals surface area contributed by atoms with Gasteiger partial charge in [0, 0.05) is 32.4 Å². The smallest absolute Gasteiger partial charge is 0.328 e. The zero-order valence-corrected chi connectivity index (χ0v) is 15.6. The van der Waals surface area contributed by atoms with Gasteiger partial charge >= 0.3 is 5.69 Å². The molecular formula is C19H28N4O2. The number of piperidine rings is 1. The van der Waals surface area contributed by atoms with Crippen LogP contribution in [0.5, 0.6) is 0 Å². The summed E-state index contributed by atoms with van der Waals surface area (Å²) in [5.41, 5.74) is 2.57. The van der Waals surface area contributed by atoms with E-state index in [1.807, 2.05) is 30.0 Å². The topological polar surface area (TPSA) is 59.3 Å². The number of aromatic nitrogens is 2. The summed E-state index contributed by atoms with van der Waals surface area (Å²) in [7, 11) is 3.54. The van der Waals surface area contributed by atoms with E-state index in [2.05, 4.69) is 12.2 Å². The Morgan fingerprint density at radius 1 is 1.24 bits per heavy atom. The first kappa shape index (κ1) is 17.6. The molecule has 136 valence electrons. The summed E-state index contributed by atoms with van der Waals surface area (Å²) in [4.78, 5) is 27.0. The number of hydrogen-bond donors (Lipinski definition) is 1. The maximum absolute atomic E-state index is 12.9. The van der Waals surface area contributed by atoms with Crippen molar-refractivity contribution < 1.29 is 4.79 Å². The largest absolute Gasteiger partial charge is 0.374 e. The summed E-state index contributed by atoms with van der Waals surface area (Å²) in [5, 5.41) is 3.32. The molecule has 0 saturated carbocycles. The second-order valence-corrected chi connectivity index (χ2v) is 7.06. The molecule has 2 aromatic rings. The molecule has 1 aromatic heterocycles. The lowest BCUT2D eigenvalue weighted by Crippen LogP contribution is -2.49. The number of aryl methyl sites for hydroxylation is 2. The highest BCUT2D eigenvalue weighted by atomic mass is 16.2. The highest BCUT2D eigenvalue weighted by molar-refractivity contribution is 5.86. The van der Waals surface area contributed by atoms with Crippen LogP contribution in [0.15, 0.2) is 23.0 Å². The molecule has 2 atom stereocenters.